The Morgan fingerprint density at radius 2 is 1.88 bits per heavy atom. The van der Waals surface area contributed by atoms with Crippen LogP contribution in [-0.4, -0.2) is 66.4 Å². The molecule has 0 aliphatic rings. The second kappa shape index (κ2) is 9.58. The summed E-state index contributed by atoms with van der Waals surface area (Å²) in [4.78, 5) is 23.7. The van der Waals surface area contributed by atoms with Gasteiger partial charge in [-0.2, -0.15) is 13.2 Å². The van der Waals surface area contributed by atoms with Crippen LogP contribution in [0.15, 0.2) is 41.8 Å². The second-order valence-electron chi connectivity index (χ2n) is 8.22. The normalized spacial score (nSPS) is 13.4. The number of sulfonamides is 1. The Morgan fingerprint density at radius 3 is 2.50 bits per heavy atom. The molecule has 34 heavy (non-hydrogen) atoms. The summed E-state index contributed by atoms with van der Waals surface area (Å²) in [7, 11) is -0.853. The van der Waals surface area contributed by atoms with E-state index >= 15 is 0 Å². The zero-order valence-corrected chi connectivity index (χ0v) is 19.8. The van der Waals surface area contributed by atoms with Crippen molar-refractivity contribution in [2.75, 3.05) is 26.0 Å². The minimum atomic E-state index is -4.51. The third-order valence-electron chi connectivity index (χ3n) is 5.07. The van der Waals surface area contributed by atoms with E-state index in [9.17, 15) is 26.4 Å². The molecule has 0 aliphatic carbocycles. The number of halogens is 3. The van der Waals surface area contributed by atoms with Crippen molar-refractivity contribution in [3.8, 4) is 11.1 Å². The summed E-state index contributed by atoms with van der Waals surface area (Å²) in [5, 5.41) is 5.39. The molecular formula is C21H25F3N6O3S. The Balaban J connectivity index is 1.92. The smallest absolute Gasteiger partial charge is 0.372 e. The highest BCUT2D eigenvalue weighted by Gasteiger charge is 2.30. The highest BCUT2D eigenvalue weighted by Crippen LogP contribution is 2.31. The number of hydrogen-bond donors (Lipinski definition) is 3. The van der Waals surface area contributed by atoms with E-state index < -0.39 is 34.7 Å². The Labute approximate surface area is 194 Å². The number of amides is 1. The third kappa shape index (κ3) is 5.65. The number of alkyl halides is 3. The average Bonchev–Trinajstić information content (AvgIpc) is 3.18. The molecule has 184 valence electrons. The van der Waals surface area contributed by atoms with Crippen LogP contribution >= 0.6 is 0 Å². The molecule has 0 radical (unpaired) electrons. The highest BCUT2D eigenvalue weighted by molar-refractivity contribution is 7.89. The molecule has 3 aromatic heterocycles. The van der Waals surface area contributed by atoms with Crippen molar-refractivity contribution in [3.63, 3.8) is 0 Å². The SMILES string of the molecule is CC(C)C(Nc1cncc(-c2c[nH]c3ncc(S(=O)(=O)N(C)C)cc23)c1)C(=O)NCC(F)(F)F. The van der Waals surface area contributed by atoms with E-state index in [2.05, 4.69) is 20.3 Å². The number of nitrogens with one attached hydrogen (secondary N) is 3. The predicted octanol–water partition coefficient (Wildman–Crippen LogP) is 2.99. The Kier molecular flexibility index (Phi) is 7.17. The van der Waals surface area contributed by atoms with Crippen molar-refractivity contribution in [3.05, 3.63) is 36.9 Å². The van der Waals surface area contributed by atoms with Crippen molar-refractivity contribution >= 4 is 32.7 Å². The lowest BCUT2D eigenvalue weighted by atomic mass is 10.0. The summed E-state index contributed by atoms with van der Waals surface area (Å²) < 4.78 is 63.6. The molecule has 0 fully saturated rings. The summed E-state index contributed by atoms with van der Waals surface area (Å²) >= 11 is 0. The lowest BCUT2D eigenvalue weighted by Gasteiger charge is -2.23. The Morgan fingerprint density at radius 1 is 1.18 bits per heavy atom. The lowest BCUT2D eigenvalue weighted by molar-refractivity contribution is -0.139. The van der Waals surface area contributed by atoms with Crippen LogP contribution < -0.4 is 10.6 Å². The van der Waals surface area contributed by atoms with Crippen LogP contribution in [0, 0.1) is 5.92 Å². The van der Waals surface area contributed by atoms with Crippen LogP contribution in [0.3, 0.4) is 0 Å². The zero-order valence-electron chi connectivity index (χ0n) is 18.9. The summed E-state index contributed by atoms with van der Waals surface area (Å²) in [6, 6.07) is 2.25. The fourth-order valence-corrected chi connectivity index (χ4v) is 4.13. The number of aromatic amines is 1. The first-order valence-electron chi connectivity index (χ1n) is 10.3. The fraction of sp³-hybridized carbons (Fsp3) is 0.381. The molecule has 0 saturated heterocycles. The highest BCUT2D eigenvalue weighted by atomic mass is 32.2. The number of anilines is 1. The number of fused-ring (bicyclic) bond motifs is 1. The van der Waals surface area contributed by atoms with Gasteiger partial charge in [-0.25, -0.2) is 17.7 Å². The molecule has 1 atom stereocenters. The second-order valence-corrected chi connectivity index (χ2v) is 10.4. The number of carbonyl (C=O) groups is 1. The van der Waals surface area contributed by atoms with E-state index in [0.29, 0.717) is 27.8 Å². The number of rotatable bonds is 8. The summed E-state index contributed by atoms with van der Waals surface area (Å²) in [5.41, 5.74) is 2.10. The average molecular weight is 499 g/mol. The number of aromatic nitrogens is 3. The van der Waals surface area contributed by atoms with Crippen molar-refractivity contribution < 1.29 is 26.4 Å². The number of pyridine rings is 2. The molecule has 0 spiro atoms. The van der Waals surface area contributed by atoms with Crippen LogP contribution in [0.25, 0.3) is 22.2 Å². The Hall–Kier alpha value is -3.19. The van der Waals surface area contributed by atoms with Gasteiger partial charge in [0, 0.05) is 55.4 Å². The van der Waals surface area contributed by atoms with E-state index in [4.69, 9.17) is 0 Å². The summed E-state index contributed by atoms with van der Waals surface area (Å²) in [6.07, 6.45) is 1.41. The van der Waals surface area contributed by atoms with Crippen molar-refractivity contribution in [2.24, 2.45) is 5.92 Å². The third-order valence-corrected chi connectivity index (χ3v) is 6.85. The molecule has 3 rings (SSSR count). The molecule has 9 nitrogen and oxygen atoms in total. The lowest BCUT2D eigenvalue weighted by Crippen LogP contribution is -2.46. The molecule has 0 aliphatic heterocycles. The molecule has 3 aromatic rings. The molecular weight excluding hydrogens is 473 g/mol. The van der Waals surface area contributed by atoms with Gasteiger partial charge in [-0.1, -0.05) is 13.8 Å². The van der Waals surface area contributed by atoms with Crippen LogP contribution in [0.2, 0.25) is 0 Å². The van der Waals surface area contributed by atoms with E-state index in [-0.39, 0.29) is 10.8 Å². The van der Waals surface area contributed by atoms with Gasteiger partial charge in [0.1, 0.15) is 23.1 Å². The first-order chi connectivity index (χ1) is 15.8. The van der Waals surface area contributed by atoms with Gasteiger partial charge in [0.15, 0.2) is 0 Å². The van der Waals surface area contributed by atoms with E-state index in [1.54, 1.807) is 32.3 Å². The van der Waals surface area contributed by atoms with Gasteiger partial charge >= 0.3 is 6.18 Å². The molecule has 3 heterocycles. The number of H-pyrrole nitrogens is 1. The van der Waals surface area contributed by atoms with Crippen molar-refractivity contribution in [1.82, 2.24) is 24.6 Å². The van der Waals surface area contributed by atoms with Crippen LogP contribution in [0.1, 0.15) is 13.8 Å². The van der Waals surface area contributed by atoms with Crippen molar-refractivity contribution in [1.29, 1.82) is 0 Å². The van der Waals surface area contributed by atoms with Crippen LogP contribution in [0.5, 0.6) is 0 Å². The molecule has 0 bridgehead atoms. The van der Waals surface area contributed by atoms with E-state index in [1.807, 2.05) is 5.32 Å². The number of nitrogens with zero attached hydrogens (tertiary/aromatic N) is 3. The maximum absolute atomic E-state index is 12.5. The molecule has 0 saturated carbocycles. The van der Waals surface area contributed by atoms with Gasteiger partial charge in [0.25, 0.3) is 0 Å². The topological polar surface area (TPSA) is 120 Å². The molecule has 1 amide bonds. The van der Waals surface area contributed by atoms with Gasteiger partial charge in [-0.05, 0) is 18.1 Å². The maximum Gasteiger partial charge on any atom is 0.405 e. The monoisotopic (exact) mass is 498 g/mol. The Bertz CT molecular complexity index is 1290. The van der Waals surface area contributed by atoms with Crippen LogP contribution in [-0.2, 0) is 14.8 Å². The predicted molar refractivity (Wildman–Crippen MR) is 122 cm³/mol. The van der Waals surface area contributed by atoms with E-state index in [0.717, 1.165) is 4.31 Å². The standard InChI is InChI=1S/C21H25F3N6O3S/c1-12(2)18(20(31)28-11-21(22,23)24)29-14-5-13(7-25-8-14)17-10-27-19-16(17)6-15(9-26-19)34(32,33)30(3)4/h5-10,12,18,29H,11H2,1-4H3,(H,26,27)(H,28,31). The van der Waals surface area contributed by atoms with E-state index in [1.165, 1.54) is 32.6 Å². The fourth-order valence-electron chi connectivity index (χ4n) is 3.25. The summed E-state index contributed by atoms with van der Waals surface area (Å²) in [5.74, 6) is -1.10. The van der Waals surface area contributed by atoms with Gasteiger partial charge < -0.3 is 15.6 Å². The number of carbonyl (C=O) groups excluding carboxylic acids is 1. The maximum atomic E-state index is 12.5. The quantitative estimate of drug-likeness (QED) is 0.439. The molecule has 1 unspecified atom stereocenters. The molecule has 3 N–H and O–H groups in total. The number of hydrogen-bond acceptors (Lipinski definition) is 6. The van der Waals surface area contributed by atoms with Gasteiger partial charge in [-0.3, -0.25) is 9.78 Å². The zero-order chi connectivity index (χ0) is 25.3. The van der Waals surface area contributed by atoms with Gasteiger partial charge in [-0.15, -0.1) is 0 Å². The minimum Gasteiger partial charge on any atom is -0.372 e. The van der Waals surface area contributed by atoms with Gasteiger partial charge in [0.2, 0.25) is 15.9 Å². The largest absolute Gasteiger partial charge is 0.405 e. The van der Waals surface area contributed by atoms with Gasteiger partial charge in [0.05, 0.1) is 5.69 Å². The summed E-state index contributed by atoms with van der Waals surface area (Å²) in [6.45, 7) is 2.00. The van der Waals surface area contributed by atoms with Crippen LogP contribution in [0.4, 0.5) is 18.9 Å². The first-order valence-corrected chi connectivity index (χ1v) is 11.7. The van der Waals surface area contributed by atoms with Crippen molar-refractivity contribution in [2.45, 2.75) is 31.0 Å². The molecule has 0 aromatic carbocycles. The molecule has 13 heteroatoms. The first kappa shape index (κ1) is 25.4. The minimum absolute atomic E-state index is 0.0225.